The minimum absolute atomic E-state index is 0. The maximum atomic E-state index is 8.90. The molecule has 0 saturated carbocycles. The summed E-state index contributed by atoms with van der Waals surface area (Å²) in [5, 5.41) is 14.3. The van der Waals surface area contributed by atoms with Crippen LogP contribution in [0.4, 0.5) is 4.79 Å². The zero-order valence-electron chi connectivity index (χ0n) is 2.79. The first-order valence-corrected chi connectivity index (χ1v) is 0.814. The minimum atomic E-state index is -1.69. The third-order valence-electron chi connectivity index (χ3n) is 0.0781. The molecule has 1 radical (unpaired) electrons. The van der Waals surface area contributed by atoms with Crippen molar-refractivity contribution in [1.29, 1.82) is 0 Å². The van der Waals surface area contributed by atoms with Gasteiger partial charge in [0, 0.05) is 32.7 Å². The minimum Gasteiger partial charge on any atom is -0.448 e. The number of hydrogen-bond donors (Lipinski definition) is 2. The fourth-order valence-electron chi connectivity index (χ4n) is 0. The molecule has 0 amide bonds. The van der Waals surface area contributed by atoms with Crippen molar-refractivity contribution >= 4 is 6.16 Å². The van der Waals surface area contributed by atoms with E-state index >= 15 is 0 Å². The smallest absolute Gasteiger partial charge is 0.448 e. The maximum absolute atomic E-state index is 8.90. The van der Waals surface area contributed by atoms with Crippen molar-refractivity contribution in [3.05, 3.63) is 0 Å². The summed E-state index contributed by atoms with van der Waals surface area (Å²) in [5.41, 5.74) is 0. The second-order valence-electron chi connectivity index (χ2n) is 0.357. The number of rotatable bonds is 0. The van der Waals surface area contributed by atoms with Gasteiger partial charge in [-0.05, 0) is 0 Å². The van der Waals surface area contributed by atoms with Crippen molar-refractivity contribution in [3.8, 4) is 0 Å². The summed E-state index contributed by atoms with van der Waals surface area (Å²) < 4.78 is 0. The average Bonchev–Trinajstić information content (AvgIpc) is 1.38. The van der Waals surface area contributed by atoms with Crippen LogP contribution in [0.25, 0.3) is 0 Å². The van der Waals surface area contributed by atoms with E-state index in [0.29, 0.717) is 0 Å². The molecule has 0 aliphatic rings. The van der Waals surface area contributed by atoms with E-state index in [0.717, 1.165) is 0 Å². The summed E-state index contributed by atoms with van der Waals surface area (Å²) in [6.45, 7) is 0. The molecule has 0 fully saturated rings. The molecule has 0 saturated heterocycles. The second kappa shape index (κ2) is 5.33. The Kier molecular flexibility index (Phi) is 8.53. The topological polar surface area (TPSA) is 66.8 Å². The maximum Gasteiger partial charge on any atom is 0.537 e. The molecule has 6 heavy (non-hydrogen) atoms. The second-order valence-corrected chi connectivity index (χ2v) is 0.357. The Bertz CT molecular complexity index is 42.8. The van der Waals surface area contributed by atoms with E-state index in [1.54, 1.807) is 0 Å². The van der Waals surface area contributed by atoms with Gasteiger partial charge in [0.15, 0.2) is 0 Å². The van der Waals surface area contributed by atoms with Crippen LogP contribution >= 0.6 is 0 Å². The number of hydrogen-bond acceptors (Lipinski definition) is 3. The summed E-state index contributed by atoms with van der Waals surface area (Å²) in [6, 6.07) is 0. The van der Waals surface area contributed by atoms with Gasteiger partial charge in [-0.25, -0.2) is 4.79 Å². The molecular weight excluding hydrogens is 165 g/mol. The van der Waals surface area contributed by atoms with Crippen molar-refractivity contribution in [2.45, 2.75) is 0 Å². The molecule has 2 N–H and O–H groups in total. The quantitative estimate of drug-likeness (QED) is 0.398. The van der Waals surface area contributed by atoms with Crippen LogP contribution in [-0.2, 0) is 37.6 Å². The Morgan fingerprint density at radius 2 is 1.83 bits per heavy atom. The molecule has 0 aliphatic carbocycles. The van der Waals surface area contributed by atoms with Gasteiger partial charge in [-0.15, -0.1) is 0 Å². The summed E-state index contributed by atoms with van der Waals surface area (Å²) in [4.78, 5) is 11.6. The summed E-state index contributed by atoms with van der Waals surface area (Å²) >= 11 is 0. The number of carbonyl (C=O) groups is 1. The van der Waals surface area contributed by atoms with Gasteiger partial charge in [-0.1, -0.05) is 0 Å². The van der Waals surface area contributed by atoms with Crippen LogP contribution < -0.4 is 0 Å². The van der Waals surface area contributed by atoms with Crippen molar-refractivity contribution < 1.29 is 52.8 Å². The van der Waals surface area contributed by atoms with E-state index < -0.39 is 6.16 Å². The van der Waals surface area contributed by atoms with Crippen LogP contribution in [0.2, 0.25) is 0 Å². The average molecular weight is 167 g/mol. The molecule has 5 heteroatoms. The first-order chi connectivity index (χ1) is 2.27. The van der Waals surface area contributed by atoms with Crippen LogP contribution in [0.15, 0.2) is 0 Å². The molecule has 0 heterocycles. The zero-order valence-corrected chi connectivity index (χ0v) is 5.63. The van der Waals surface area contributed by atoms with Crippen LogP contribution in [0.3, 0.4) is 0 Å². The van der Waals surface area contributed by atoms with Gasteiger partial charge in [-0.3, -0.25) is 4.89 Å². The molecular formula is CH2O4Y. The van der Waals surface area contributed by atoms with Crippen LogP contribution in [0, 0.1) is 0 Å². The van der Waals surface area contributed by atoms with E-state index in [1.165, 1.54) is 0 Å². The molecule has 0 aromatic rings. The Balaban J connectivity index is 0. The largest absolute Gasteiger partial charge is 0.537 e. The van der Waals surface area contributed by atoms with Gasteiger partial charge in [0.05, 0.1) is 0 Å². The Morgan fingerprint density at radius 3 is 1.83 bits per heavy atom. The summed E-state index contributed by atoms with van der Waals surface area (Å²) in [5.74, 6) is 0. The first-order valence-electron chi connectivity index (χ1n) is 0.814. The predicted molar refractivity (Wildman–Crippen MR) is 11.7 cm³/mol. The Labute approximate surface area is 58.9 Å². The molecule has 0 aromatic heterocycles. The van der Waals surface area contributed by atoms with Crippen molar-refractivity contribution in [1.82, 2.24) is 0 Å². The normalized spacial score (nSPS) is 5.50. The Morgan fingerprint density at radius 1 is 1.67 bits per heavy atom. The molecule has 0 atom stereocenters. The predicted octanol–water partition coefficient (Wildman–Crippen LogP) is 0.151. The zero-order chi connectivity index (χ0) is 4.28. The molecule has 0 aliphatic heterocycles. The van der Waals surface area contributed by atoms with Gasteiger partial charge < -0.3 is 5.11 Å². The van der Waals surface area contributed by atoms with Crippen molar-refractivity contribution in [3.63, 3.8) is 0 Å². The molecule has 0 unspecified atom stereocenters. The van der Waals surface area contributed by atoms with E-state index in [1.807, 2.05) is 0 Å². The van der Waals surface area contributed by atoms with Gasteiger partial charge in [0.2, 0.25) is 0 Å². The SMILES string of the molecule is O=C(O)OO.[Y]. The summed E-state index contributed by atoms with van der Waals surface area (Å²) in [6.07, 6.45) is -1.69. The molecule has 0 aromatic carbocycles. The van der Waals surface area contributed by atoms with Crippen LogP contribution in [0.5, 0.6) is 0 Å². The fourth-order valence-corrected chi connectivity index (χ4v) is 0. The summed E-state index contributed by atoms with van der Waals surface area (Å²) in [7, 11) is 0. The van der Waals surface area contributed by atoms with Gasteiger partial charge in [0.25, 0.3) is 0 Å². The fraction of sp³-hybridized carbons (Fsp3) is 0. The first kappa shape index (κ1) is 9.59. The molecule has 33 valence electrons. The molecule has 0 bridgehead atoms. The van der Waals surface area contributed by atoms with Gasteiger partial charge >= 0.3 is 6.16 Å². The molecule has 4 nitrogen and oxygen atoms in total. The van der Waals surface area contributed by atoms with E-state index in [-0.39, 0.29) is 32.7 Å². The molecule has 0 rings (SSSR count). The van der Waals surface area contributed by atoms with Gasteiger partial charge in [-0.2, -0.15) is 5.26 Å². The van der Waals surface area contributed by atoms with E-state index in [9.17, 15) is 0 Å². The standard InChI is InChI=1S/CH2O4.Y/c2-1(3)5-4;/h4H,(H,2,3);. The number of carboxylic acid groups (broad SMARTS) is 1. The van der Waals surface area contributed by atoms with E-state index in [4.69, 9.17) is 15.2 Å². The monoisotopic (exact) mass is 167 g/mol. The third kappa shape index (κ3) is 8.84. The van der Waals surface area contributed by atoms with Crippen molar-refractivity contribution in [2.75, 3.05) is 0 Å². The van der Waals surface area contributed by atoms with Crippen LogP contribution in [-0.4, -0.2) is 16.5 Å². The van der Waals surface area contributed by atoms with Crippen molar-refractivity contribution in [2.24, 2.45) is 0 Å². The van der Waals surface area contributed by atoms with Crippen LogP contribution in [0.1, 0.15) is 0 Å². The van der Waals surface area contributed by atoms with E-state index in [2.05, 4.69) is 4.89 Å². The Hall–Kier alpha value is 0.334. The molecule has 0 spiro atoms. The third-order valence-corrected chi connectivity index (χ3v) is 0.0781. The van der Waals surface area contributed by atoms with Gasteiger partial charge in [0.1, 0.15) is 0 Å².